The van der Waals surface area contributed by atoms with Gasteiger partial charge in [0, 0.05) is 24.6 Å². The van der Waals surface area contributed by atoms with Crippen molar-refractivity contribution in [3.63, 3.8) is 0 Å². The second kappa shape index (κ2) is 15.8. The van der Waals surface area contributed by atoms with E-state index in [0.29, 0.717) is 22.5 Å². The molecular formula is C38H24N6O10. The molecular weight excluding hydrogens is 700 g/mol. The molecule has 0 unspecified atom stereocenters. The SMILES string of the molecule is O=[N+]([O-])c1ccc(Oc2cccc(C=Nc3ccc(-c4ccc(N=Cc5cccc(Oc6ccc([N+](=O)[O-])cc6[N+](=O)[O-])c5)cc4)cc3)c2)c([N+](=O)[O-])c1. The van der Waals surface area contributed by atoms with E-state index in [1.54, 1.807) is 61.0 Å². The fourth-order valence-corrected chi connectivity index (χ4v) is 5.05. The highest BCUT2D eigenvalue weighted by molar-refractivity contribution is 5.84. The topological polar surface area (TPSA) is 216 Å². The van der Waals surface area contributed by atoms with Gasteiger partial charge in [-0.1, -0.05) is 48.5 Å². The first-order valence-electron chi connectivity index (χ1n) is 15.7. The number of benzene rings is 6. The lowest BCUT2D eigenvalue weighted by molar-refractivity contribution is -0.394. The Bertz CT molecular complexity index is 2290. The van der Waals surface area contributed by atoms with Crippen LogP contribution in [-0.2, 0) is 0 Å². The summed E-state index contributed by atoms with van der Waals surface area (Å²) in [6.07, 6.45) is 3.22. The van der Waals surface area contributed by atoms with Crippen LogP contribution in [0.4, 0.5) is 34.1 Å². The highest BCUT2D eigenvalue weighted by Gasteiger charge is 2.22. The van der Waals surface area contributed by atoms with Crippen LogP contribution in [0, 0.1) is 40.5 Å². The van der Waals surface area contributed by atoms with E-state index in [9.17, 15) is 40.5 Å². The summed E-state index contributed by atoms with van der Waals surface area (Å²) in [5.74, 6) is 0.305. The van der Waals surface area contributed by atoms with Crippen LogP contribution in [-0.4, -0.2) is 32.1 Å². The summed E-state index contributed by atoms with van der Waals surface area (Å²) in [6, 6.07) is 34.8. The van der Waals surface area contributed by atoms with Crippen molar-refractivity contribution in [2.24, 2.45) is 9.98 Å². The lowest BCUT2D eigenvalue weighted by Crippen LogP contribution is -1.96. The maximum absolute atomic E-state index is 11.5. The van der Waals surface area contributed by atoms with Gasteiger partial charge in [0.1, 0.15) is 11.5 Å². The van der Waals surface area contributed by atoms with Crippen LogP contribution in [0.2, 0.25) is 0 Å². The smallest absolute Gasteiger partial charge is 0.318 e. The normalized spacial score (nSPS) is 11.0. The number of nitro benzene ring substituents is 4. The Morgan fingerprint density at radius 1 is 0.444 bits per heavy atom. The van der Waals surface area contributed by atoms with E-state index < -0.39 is 42.4 Å². The molecule has 0 spiro atoms. The quantitative estimate of drug-likeness (QED) is 0.0623. The third-order valence-corrected chi connectivity index (χ3v) is 7.67. The van der Waals surface area contributed by atoms with Gasteiger partial charge < -0.3 is 9.47 Å². The van der Waals surface area contributed by atoms with E-state index in [4.69, 9.17) is 9.47 Å². The first-order valence-corrected chi connectivity index (χ1v) is 15.7. The van der Waals surface area contributed by atoms with Crippen LogP contribution < -0.4 is 9.47 Å². The van der Waals surface area contributed by atoms with Crippen molar-refractivity contribution in [2.45, 2.75) is 0 Å². The second-order valence-electron chi connectivity index (χ2n) is 11.3. The Balaban J connectivity index is 1.08. The average Bonchev–Trinajstić information content (AvgIpc) is 3.17. The van der Waals surface area contributed by atoms with Gasteiger partial charge in [0.2, 0.25) is 11.5 Å². The number of rotatable bonds is 13. The summed E-state index contributed by atoms with van der Waals surface area (Å²) in [5, 5.41) is 45.0. The van der Waals surface area contributed by atoms with Gasteiger partial charge in [-0.15, -0.1) is 0 Å². The van der Waals surface area contributed by atoms with Crippen molar-refractivity contribution < 1.29 is 29.2 Å². The second-order valence-corrected chi connectivity index (χ2v) is 11.3. The Kier molecular flexibility index (Phi) is 10.5. The van der Waals surface area contributed by atoms with Gasteiger partial charge in [-0.2, -0.15) is 0 Å². The number of ether oxygens (including phenoxy) is 2. The monoisotopic (exact) mass is 724 g/mol. The zero-order valence-electron chi connectivity index (χ0n) is 27.6. The molecule has 0 aromatic heterocycles. The van der Waals surface area contributed by atoms with Gasteiger partial charge in [0.05, 0.1) is 43.2 Å². The van der Waals surface area contributed by atoms with Crippen molar-refractivity contribution in [2.75, 3.05) is 0 Å². The highest BCUT2D eigenvalue weighted by Crippen LogP contribution is 2.36. The third-order valence-electron chi connectivity index (χ3n) is 7.67. The molecule has 0 radical (unpaired) electrons. The van der Waals surface area contributed by atoms with E-state index in [-0.39, 0.29) is 23.0 Å². The standard InChI is InChI=1S/C38H24N6O10/c45-41(46)31-15-17-37(35(21-31)43(49)50)53-33-5-1-3-25(19-33)23-39-29-11-7-27(8-12-29)28-9-13-30(14-10-28)40-24-26-4-2-6-34(20-26)54-38-18-16-32(42(47)48)22-36(38)44(51)52/h1-24H. The molecule has 0 aliphatic heterocycles. The van der Waals surface area contributed by atoms with Crippen molar-refractivity contribution >= 4 is 46.6 Å². The van der Waals surface area contributed by atoms with Gasteiger partial charge in [0.25, 0.3) is 11.4 Å². The number of nitro groups is 4. The molecule has 16 heteroatoms. The number of aliphatic imine (C=N–C) groups is 2. The van der Waals surface area contributed by atoms with Crippen molar-refractivity contribution in [3.05, 3.63) is 185 Å². The van der Waals surface area contributed by atoms with Crippen molar-refractivity contribution in [1.29, 1.82) is 0 Å². The fourth-order valence-electron chi connectivity index (χ4n) is 5.05. The maximum Gasteiger partial charge on any atom is 0.318 e. The minimum atomic E-state index is -0.743. The number of hydrogen-bond acceptors (Lipinski definition) is 12. The Hall–Kier alpha value is -8.14. The zero-order valence-corrected chi connectivity index (χ0v) is 27.6. The average molecular weight is 725 g/mol. The van der Waals surface area contributed by atoms with Crippen molar-refractivity contribution in [3.8, 4) is 34.1 Å². The first-order chi connectivity index (χ1) is 26.0. The predicted molar refractivity (Wildman–Crippen MR) is 199 cm³/mol. The maximum atomic E-state index is 11.5. The fraction of sp³-hybridized carbons (Fsp3) is 0. The number of hydrogen-bond donors (Lipinski definition) is 0. The minimum absolute atomic E-state index is 0.134. The zero-order chi connectivity index (χ0) is 38.2. The summed E-state index contributed by atoms with van der Waals surface area (Å²) in [6.45, 7) is 0. The van der Waals surface area contributed by atoms with Crippen molar-refractivity contribution in [1.82, 2.24) is 0 Å². The highest BCUT2D eigenvalue weighted by atomic mass is 16.6. The molecule has 0 aliphatic rings. The molecule has 54 heavy (non-hydrogen) atoms. The largest absolute Gasteiger partial charge is 0.450 e. The van der Waals surface area contributed by atoms with Crippen LogP contribution in [0.15, 0.2) is 143 Å². The summed E-state index contributed by atoms with van der Waals surface area (Å²) in [4.78, 5) is 51.1. The molecule has 6 aromatic rings. The molecule has 0 atom stereocenters. The molecule has 0 heterocycles. The molecule has 6 rings (SSSR count). The molecule has 0 N–H and O–H groups in total. The van der Waals surface area contributed by atoms with Crippen LogP contribution in [0.5, 0.6) is 23.0 Å². The summed E-state index contributed by atoms with van der Waals surface area (Å²) in [7, 11) is 0. The predicted octanol–water partition coefficient (Wildman–Crippen LogP) is 10.1. The van der Waals surface area contributed by atoms with Crippen LogP contribution in [0.1, 0.15) is 11.1 Å². The summed E-state index contributed by atoms with van der Waals surface area (Å²) >= 11 is 0. The number of non-ortho nitro benzene ring substituents is 2. The van der Waals surface area contributed by atoms with Gasteiger partial charge in [-0.3, -0.25) is 50.4 Å². The Morgan fingerprint density at radius 2 is 0.833 bits per heavy atom. The molecule has 0 saturated heterocycles. The Labute approximate surface area is 304 Å². The molecule has 6 aromatic carbocycles. The van der Waals surface area contributed by atoms with E-state index in [0.717, 1.165) is 35.4 Å². The molecule has 0 fully saturated rings. The molecule has 16 nitrogen and oxygen atoms in total. The van der Waals surface area contributed by atoms with Crippen LogP contribution in [0.25, 0.3) is 11.1 Å². The van der Waals surface area contributed by atoms with Gasteiger partial charge in [-0.25, -0.2) is 0 Å². The summed E-state index contributed by atoms with van der Waals surface area (Å²) < 4.78 is 11.4. The molecule has 266 valence electrons. The summed E-state index contributed by atoms with van der Waals surface area (Å²) in [5.41, 5.74) is 2.65. The van der Waals surface area contributed by atoms with Gasteiger partial charge in [0.15, 0.2) is 0 Å². The third kappa shape index (κ3) is 8.77. The van der Waals surface area contributed by atoms with E-state index >= 15 is 0 Å². The van der Waals surface area contributed by atoms with Gasteiger partial charge in [-0.05, 0) is 82.9 Å². The minimum Gasteiger partial charge on any atom is -0.450 e. The van der Waals surface area contributed by atoms with Gasteiger partial charge >= 0.3 is 11.4 Å². The Morgan fingerprint density at radius 3 is 1.19 bits per heavy atom. The van der Waals surface area contributed by atoms with Crippen LogP contribution >= 0.6 is 0 Å². The van der Waals surface area contributed by atoms with E-state index in [1.165, 1.54) is 12.1 Å². The lowest BCUT2D eigenvalue weighted by Gasteiger charge is -2.07. The van der Waals surface area contributed by atoms with Crippen LogP contribution in [0.3, 0.4) is 0 Å². The van der Waals surface area contributed by atoms with E-state index in [2.05, 4.69) is 9.98 Å². The molecule has 0 saturated carbocycles. The first kappa shape index (κ1) is 35.7. The number of nitrogens with zero attached hydrogens (tertiary/aromatic N) is 6. The molecule has 0 bridgehead atoms. The molecule has 0 aliphatic carbocycles. The van der Waals surface area contributed by atoms with E-state index in [1.807, 2.05) is 48.5 Å². The lowest BCUT2D eigenvalue weighted by atomic mass is 10.1. The molecule has 0 amide bonds.